The molecule has 0 aliphatic rings. The van der Waals surface area contributed by atoms with E-state index in [4.69, 9.17) is 5.11 Å². The second kappa shape index (κ2) is 10.6. The number of carbonyl (C=O) groups excluding carboxylic acids is 1. The van der Waals surface area contributed by atoms with Crippen LogP contribution in [0.15, 0.2) is 0 Å². The van der Waals surface area contributed by atoms with Gasteiger partial charge in [0.2, 0.25) is 5.91 Å². The van der Waals surface area contributed by atoms with Gasteiger partial charge in [-0.15, -0.1) is 0 Å². The van der Waals surface area contributed by atoms with E-state index in [0.717, 1.165) is 12.2 Å². The van der Waals surface area contributed by atoms with Crippen molar-refractivity contribution in [2.24, 2.45) is 0 Å². The Balaban J connectivity index is 3.90. The summed E-state index contributed by atoms with van der Waals surface area (Å²) in [4.78, 5) is 11.6. The van der Waals surface area contributed by atoms with Crippen molar-refractivity contribution in [1.29, 1.82) is 0 Å². The van der Waals surface area contributed by atoms with E-state index in [2.05, 4.69) is 23.3 Å². The lowest BCUT2D eigenvalue weighted by Gasteiger charge is -2.17. The molecule has 0 aliphatic heterocycles. The molecule has 0 saturated heterocycles. The summed E-state index contributed by atoms with van der Waals surface area (Å²) in [5.41, 5.74) is 0. The molecule has 0 spiro atoms. The molecule has 0 aromatic carbocycles. The van der Waals surface area contributed by atoms with Gasteiger partial charge in [-0.1, -0.05) is 0 Å². The summed E-state index contributed by atoms with van der Waals surface area (Å²) >= 11 is 5.80. The smallest absolute Gasteiger partial charge is 0.237 e. The number of amides is 1. The van der Waals surface area contributed by atoms with E-state index in [0.29, 0.717) is 18.8 Å². The molecular weight excluding hydrogens is 232 g/mol. The van der Waals surface area contributed by atoms with Crippen LogP contribution in [0.1, 0.15) is 6.42 Å². The molecule has 0 bridgehead atoms. The molecule has 4 nitrogen and oxygen atoms in total. The number of hydrogen-bond donors (Lipinski definition) is 4. The Kier molecular flexibility index (Phi) is 10.7. The largest absolute Gasteiger partial charge is 0.395 e. The highest BCUT2D eigenvalue weighted by atomic mass is 32.2. The van der Waals surface area contributed by atoms with Gasteiger partial charge in [-0.3, -0.25) is 4.79 Å². The first-order valence-electron chi connectivity index (χ1n) is 4.98. The van der Waals surface area contributed by atoms with E-state index in [1.54, 1.807) is 11.8 Å². The molecule has 0 aromatic heterocycles. The van der Waals surface area contributed by atoms with Crippen molar-refractivity contribution < 1.29 is 9.90 Å². The van der Waals surface area contributed by atoms with E-state index in [1.165, 1.54) is 0 Å². The molecule has 6 heteroatoms. The lowest BCUT2D eigenvalue weighted by molar-refractivity contribution is -0.123. The third kappa shape index (κ3) is 7.96. The minimum Gasteiger partial charge on any atom is -0.395 e. The fourth-order valence-electron chi connectivity index (χ4n) is 1.10. The van der Waals surface area contributed by atoms with Gasteiger partial charge in [0.1, 0.15) is 0 Å². The van der Waals surface area contributed by atoms with Crippen molar-refractivity contribution in [3.05, 3.63) is 0 Å². The van der Waals surface area contributed by atoms with E-state index < -0.39 is 0 Å². The van der Waals surface area contributed by atoms with Crippen LogP contribution in [0.3, 0.4) is 0 Å². The maximum absolute atomic E-state index is 11.6. The van der Waals surface area contributed by atoms with Gasteiger partial charge in [0.05, 0.1) is 12.6 Å². The molecule has 0 fully saturated rings. The molecular formula is C9H20N2O2S2. The number of nitrogens with one attached hydrogen (secondary N) is 2. The summed E-state index contributed by atoms with van der Waals surface area (Å²) in [6.45, 7) is 1.01. The SMILES string of the molecule is CSCCC(NCCS)C(=O)NCCO. The molecule has 0 radical (unpaired) electrons. The van der Waals surface area contributed by atoms with Gasteiger partial charge < -0.3 is 15.7 Å². The number of carbonyl (C=O) groups is 1. The second-order valence-electron chi connectivity index (χ2n) is 3.03. The zero-order valence-corrected chi connectivity index (χ0v) is 10.7. The molecule has 0 aliphatic carbocycles. The van der Waals surface area contributed by atoms with E-state index in [1.807, 2.05) is 6.26 Å². The quantitative estimate of drug-likeness (QED) is 0.427. The Bertz CT molecular complexity index is 162. The van der Waals surface area contributed by atoms with Crippen molar-refractivity contribution in [3.63, 3.8) is 0 Å². The predicted molar refractivity (Wildman–Crippen MR) is 68.7 cm³/mol. The number of hydrogen-bond acceptors (Lipinski definition) is 5. The summed E-state index contributed by atoms with van der Waals surface area (Å²) in [5.74, 6) is 1.61. The Morgan fingerprint density at radius 1 is 1.53 bits per heavy atom. The van der Waals surface area contributed by atoms with Crippen LogP contribution in [0.2, 0.25) is 0 Å². The Hall–Kier alpha value is 0.0900. The van der Waals surface area contributed by atoms with Gasteiger partial charge >= 0.3 is 0 Å². The highest BCUT2D eigenvalue weighted by molar-refractivity contribution is 7.98. The van der Waals surface area contributed by atoms with Gasteiger partial charge in [-0.2, -0.15) is 24.4 Å². The van der Waals surface area contributed by atoms with Gasteiger partial charge in [0.15, 0.2) is 0 Å². The molecule has 3 N–H and O–H groups in total. The molecule has 1 atom stereocenters. The molecule has 1 amide bonds. The monoisotopic (exact) mass is 252 g/mol. The van der Waals surface area contributed by atoms with Crippen molar-refractivity contribution in [3.8, 4) is 0 Å². The van der Waals surface area contributed by atoms with Crippen LogP contribution in [0, 0.1) is 0 Å². The standard InChI is InChI=1S/C9H20N2O2S2/c1-15-7-2-8(10-4-6-14)9(13)11-3-5-12/h8,10,12,14H,2-7H2,1H3,(H,11,13). The van der Waals surface area contributed by atoms with Gasteiger partial charge in [-0.25, -0.2) is 0 Å². The molecule has 90 valence electrons. The lowest BCUT2D eigenvalue weighted by atomic mass is 10.2. The van der Waals surface area contributed by atoms with Crippen molar-refractivity contribution in [2.45, 2.75) is 12.5 Å². The van der Waals surface area contributed by atoms with Crippen LogP contribution < -0.4 is 10.6 Å². The first-order chi connectivity index (χ1) is 7.26. The molecule has 0 rings (SSSR count). The van der Waals surface area contributed by atoms with E-state index in [9.17, 15) is 4.79 Å². The molecule has 0 aromatic rings. The van der Waals surface area contributed by atoms with Crippen LogP contribution in [0.4, 0.5) is 0 Å². The molecule has 15 heavy (non-hydrogen) atoms. The summed E-state index contributed by atoms with van der Waals surface area (Å²) in [5, 5.41) is 14.4. The predicted octanol–water partition coefficient (Wildman–Crippen LogP) is -0.264. The third-order valence-corrected chi connectivity index (χ3v) is 2.71. The first-order valence-corrected chi connectivity index (χ1v) is 7.00. The summed E-state index contributed by atoms with van der Waals surface area (Å²) < 4.78 is 0. The Labute approximate surface area is 101 Å². The lowest BCUT2D eigenvalue weighted by Crippen LogP contribution is -2.45. The fraction of sp³-hybridized carbons (Fsp3) is 0.889. The van der Waals surface area contributed by atoms with Crippen molar-refractivity contribution in [2.75, 3.05) is 37.5 Å². The van der Waals surface area contributed by atoms with E-state index >= 15 is 0 Å². The second-order valence-corrected chi connectivity index (χ2v) is 4.46. The highest BCUT2D eigenvalue weighted by Gasteiger charge is 2.15. The summed E-state index contributed by atoms with van der Waals surface area (Å²) in [6, 6.07) is -0.170. The normalized spacial score (nSPS) is 12.5. The zero-order valence-electron chi connectivity index (χ0n) is 9.03. The van der Waals surface area contributed by atoms with Crippen LogP contribution in [0.5, 0.6) is 0 Å². The minimum atomic E-state index is -0.170. The van der Waals surface area contributed by atoms with Gasteiger partial charge in [0.25, 0.3) is 0 Å². The van der Waals surface area contributed by atoms with Crippen LogP contribution in [-0.2, 0) is 4.79 Å². The van der Waals surface area contributed by atoms with Crippen molar-refractivity contribution >= 4 is 30.3 Å². The zero-order chi connectivity index (χ0) is 11.5. The summed E-state index contributed by atoms with van der Waals surface area (Å²) in [7, 11) is 0. The topological polar surface area (TPSA) is 61.4 Å². The summed E-state index contributed by atoms with van der Waals surface area (Å²) in [6.07, 6.45) is 2.81. The number of thioether (sulfide) groups is 1. The van der Waals surface area contributed by atoms with Gasteiger partial charge in [0, 0.05) is 18.8 Å². The van der Waals surface area contributed by atoms with E-state index in [-0.39, 0.29) is 18.6 Å². The van der Waals surface area contributed by atoms with Crippen LogP contribution >= 0.6 is 24.4 Å². The Morgan fingerprint density at radius 2 is 2.27 bits per heavy atom. The number of rotatable bonds is 9. The third-order valence-electron chi connectivity index (χ3n) is 1.84. The van der Waals surface area contributed by atoms with Crippen LogP contribution in [-0.4, -0.2) is 54.5 Å². The number of thiol groups is 1. The maximum Gasteiger partial charge on any atom is 0.237 e. The maximum atomic E-state index is 11.6. The number of aliphatic hydroxyl groups is 1. The average molecular weight is 252 g/mol. The first kappa shape index (κ1) is 15.1. The molecule has 0 saturated carbocycles. The number of aliphatic hydroxyl groups excluding tert-OH is 1. The highest BCUT2D eigenvalue weighted by Crippen LogP contribution is 2.00. The molecule has 0 heterocycles. The Morgan fingerprint density at radius 3 is 2.80 bits per heavy atom. The minimum absolute atomic E-state index is 0.0203. The van der Waals surface area contributed by atoms with Crippen molar-refractivity contribution in [1.82, 2.24) is 10.6 Å². The average Bonchev–Trinajstić information content (AvgIpc) is 2.26. The fourth-order valence-corrected chi connectivity index (χ4v) is 1.70. The van der Waals surface area contributed by atoms with Gasteiger partial charge in [-0.05, 0) is 18.4 Å². The van der Waals surface area contributed by atoms with Crippen LogP contribution in [0.25, 0.3) is 0 Å². The molecule has 1 unspecified atom stereocenters.